The first-order chi connectivity index (χ1) is 10.6. The van der Waals surface area contributed by atoms with Gasteiger partial charge >= 0.3 is 0 Å². The van der Waals surface area contributed by atoms with Gasteiger partial charge in [0, 0.05) is 31.7 Å². The molecule has 1 atom stereocenters. The standard InChI is InChI=1S/C15H14ClN5O/c1-10-14-17-4-5-19(14)6-7-20(10)15(22)13-8-12-3-2-11(16)9-21(12)18-13/h2-5,8-10H,6-7H2,1H3. The van der Waals surface area contributed by atoms with E-state index >= 15 is 0 Å². The number of carbonyl (C=O) groups excluding carboxylic acids is 1. The maximum Gasteiger partial charge on any atom is 0.275 e. The minimum absolute atomic E-state index is 0.0651. The normalized spacial score (nSPS) is 17.7. The summed E-state index contributed by atoms with van der Waals surface area (Å²) in [6.07, 6.45) is 5.41. The molecule has 22 heavy (non-hydrogen) atoms. The van der Waals surface area contributed by atoms with Crippen LogP contribution in [0.3, 0.4) is 0 Å². The number of carbonyl (C=O) groups is 1. The zero-order chi connectivity index (χ0) is 15.3. The third-order valence-electron chi connectivity index (χ3n) is 4.07. The fourth-order valence-electron chi connectivity index (χ4n) is 2.92. The molecule has 0 saturated heterocycles. The van der Waals surface area contributed by atoms with Crippen LogP contribution in [0.25, 0.3) is 5.52 Å². The Morgan fingerprint density at radius 1 is 1.36 bits per heavy atom. The van der Waals surface area contributed by atoms with Crippen LogP contribution in [0.15, 0.2) is 36.8 Å². The summed E-state index contributed by atoms with van der Waals surface area (Å²) in [5.74, 6) is 0.827. The monoisotopic (exact) mass is 315 g/mol. The molecule has 1 unspecified atom stereocenters. The zero-order valence-corrected chi connectivity index (χ0v) is 12.7. The molecule has 112 valence electrons. The van der Waals surface area contributed by atoms with E-state index in [1.54, 1.807) is 29.0 Å². The lowest BCUT2D eigenvalue weighted by atomic mass is 10.2. The maximum atomic E-state index is 12.8. The average Bonchev–Trinajstić information content (AvgIpc) is 3.12. The number of nitrogens with zero attached hydrogens (tertiary/aromatic N) is 5. The van der Waals surface area contributed by atoms with Gasteiger partial charge in [-0.2, -0.15) is 5.10 Å². The number of aromatic nitrogens is 4. The molecule has 1 amide bonds. The lowest BCUT2D eigenvalue weighted by Gasteiger charge is -2.33. The predicted octanol–water partition coefficient (Wildman–Crippen LogP) is 2.40. The topological polar surface area (TPSA) is 55.4 Å². The molecule has 0 aromatic carbocycles. The van der Waals surface area contributed by atoms with Crippen molar-refractivity contribution in [3.63, 3.8) is 0 Å². The van der Waals surface area contributed by atoms with E-state index in [1.165, 1.54) is 0 Å². The Labute approximate surface area is 131 Å². The molecule has 0 saturated carbocycles. The van der Waals surface area contributed by atoms with Crippen molar-refractivity contribution in [2.45, 2.75) is 19.5 Å². The molecule has 3 aromatic heterocycles. The highest BCUT2D eigenvalue weighted by Crippen LogP contribution is 2.25. The van der Waals surface area contributed by atoms with E-state index in [4.69, 9.17) is 11.6 Å². The van der Waals surface area contributed by atoms with Crippen LogP contribution < -0.4 is 0 Å². The summed E-state index contributed by atoms with van der Waals surface area (Å²) < 4.78 is 3.71. The van der Waals surface area contributed by atoms with Crippen LogP contribution in [-0.4, -0.2) is 36.5 Å². The second kappa shape index (κ2) is 4.84. The lowest BCUT2D eigenvalue weighted by Crippen LogP contribution is -2.41. The van der Waals surface area contributed by atoms with Gasteiger partial charge in [-0.15, -0.1) is 0 Å². The molecule has 4 heterocycles. The Balaban J connectivity index is 1.68. The Kier molecular flexibility index (Phi) is 2.94. The van der Waals surface area contributed by atoms with Crippen molar-refractivity contribution in [2.24, 2.45) is 0 Å². The highest BCUT2D eigenvalue weighted by molar-refractivity contribution is 6.30. The van der Waals surface area contributed by atoms with Gasteiger partial charge in [-0.05, 0) is 25.1 Å². The van der Waals surface area contributed by atoms with Gasteiger partial charge in [-0.3, -0.25) is 4.79 Å². The maximum absolute atomic E-state index is 12.8. The Hall–Kier alpha value is -2.34. The van der Waals surface area contributed by atoms with Crippen LogP contribution in [-0.2, 0) is 6.54 Å². The van der Waals surface area contributed by atoms with Crippen molar-refractivity contribution in [3.05, 3.63) is 53.3 Å². The average molecular weight is 316 g/mol. The van der Waals surface area contributed by atoms with E-state index in [2.05, 4.69) is 14.6 Å². The van der Waals surface area contributed by atoms with Crippen LogP contribution in [0.5, 0.6) is 0 Å². The molecule has 4 rings (SSSR count). The fraction of sp³-hybridized carbons (Fsp3) is 0.267. The largest absolute Gasteiger partial charge is 0.331 e. The van der Waals surface area contributed by atoms with E-state index in [9.17, 15) is 4.79 Å². The molecule has 0 bridgehead atoms. The van der Waals surface area contributed by atoms with Gasteiger partial charge in [0.25, 0.3) is 5.91 Å². The number of hydrogen-bond acceptors (Lipinski definition) is 3. The number of amides is 1. The molecule has 6 nitrogen and oxygen atoms in total. The minimum Gasteiger partial charge on any atom is -0.331 e. The first-order valence-electron chi connectivity index (χ1n) is 7.10. The van der Waals surface area contributed by atoms with E-state index in [0.717, 1.165) is 17.9 Å². The summed E-state index contributed by atoms with van der Waals surface area (Å²) in [5.41, 5.74) is 1.27. The van der Waals surface area contributed by atoms with Crippen molar-refractivity contribution >= 4 is 23.0 Å². The quantitative estimate of drug-likeness (QED) is 0.693. The number of pyridine rings is 1. The second-order valence-electron chi connectivity index (χ2n) is 5.40. The molecule has 0 spiro atoms. The summed E-state index contributed by atoms with van der Waals surface area (Å²) in [5, 5.41) is 4.93. The van der Waals surface area contributed by atoms with E-state index in [0.29, 0.717) is 17.3 Å². The van der Waals surface area contributed by atoms with Crippen molar-refractivity contribution < 1.29 is 4.79 Å². The first kappa shape index (κ1) is 13.3. The van der Waals surface area contributed by atoms with Gasteiger partial charge in [-0.1, -0.05) is 11.6 Å². The zero-order valence-electron chi connectivity index (χ0n) is 12.0. The molecule has 3 aromatic rings. The number of imidazole rings is 1. The van der Waals surface area contributed by atoms with E-state index in [1.807, 2.05) is 24.1 Å². The van der Waals surface area contributed by atoms with Gasteiger partial charge in [-0.25, -0.2) is 9.50 Å². The van der Waals surface area contributed by atoms with Gasteiger partial charge in [0.1, 0.15) is 5.82 Å². The van der Waals surface area contributed by atoms with E-state index in [-0.39, 0.29) is 11.9 Å². The molecule has 0 radical (unpaired) electrons. The first-order valence-corrected chi connectivity index (χ1v) is 7.48. The summed E-state index contributed by atoms with van der Waals surface area (Å²) in [6, 6.07) is 5.35. The predicted molar refractivity (Wildman–Crippen MR) is 81.9 cm³/mol. The molecule has 0 aliphatic carbocycles. The minimum atomic E-state index is -0.0819. The summed E-state index contributed by atoms with van der Waals surface area (Å²) in [6.45, 7) is 3.39. The molecular formula is C15H14ClN5O. The number of halogens is 1. The smallest absolute Gasteiger partial charge is 0.275 e. The van der Waals surface area contributed by atoms with Crippen LogP contribution in [0.1, 0.15) is 29.3 Å². The molecular weight excluding hydrogens is 302 g/mol. The van der Waals surface area contributed by atoms with Gasteiger partial charge < -0.3 is 9.47 Å². The SMILES string of the molecule is CC1c2nccn2CCN1C(=O)c1cc2ccc(Cl)cn2n1. The lowest BCUT2D eigenvalue weighted by molar-refractivity contribution is 0.0631. The molecule has 1 aliphatic rings. The van der Waals surface area contributed by atoms with Crippen molar-refractivity contribution in [1.82, 2.24) is 24.1 Å². The van der Waals surface area contributed by atoms with Crippen molar-refractivity contribution in [1.29, 1.82) is 0 Å². The van der Waals surface area contributed by atoms with Crippen LogP contribution in [0, 0.1) is 0 Å². The highest BCUT2D eigenvalue weighted by Gasteiger charge is 2.30. The van der Waals surface area contributed by atoms with Gasteiger partial charge in [0.15, 0.2) is 5.69 Å². The van der Waals surface area contributed by atoms with Crippen molar-refractivity contribution in [3.8, 4) is 0 Å². The third-order valence-corrected chi connectivity index (χ3v) is 4.30. The second-order valence-corrected chi connectivity index (χ2v) is 5.84. The van der Waals surface area contributed by atoms with Crippen molar-refractivity contribution in [2.75, 3.05) is 6.54 Å². The fourth-order valence-corrected chi connectivity index (χ4v) is 3.07. The van der Waals surface area contributed by atoms with Crippen LogP contribution in [0.4, 0.5) is 0 Å². The Morgan fingerprint density at radius 3 is 3.09 bits per heavy atom. The number of rotatable bonds is 1. The summed E-state index contributed by atoms with van der Waals surface area (Å²) in [4.78, 5) is 18.9. The number of fused-ring (bicyclic) bond motifs is 2. The van der Waals surface area contributed by atoms with Crippen LogP contribution >= 0.6 is 11.6 Å². The Morgan fingerprint density at radius 2 is 2.23 bits per heavy atom. The molecule has 7 heteroatoms. The summed E-state index contributed by atoms with van der Waals surface area (Å²) >= 11 is 5.96. The van der Waals surface area contributed by atoms with Gasteiger partial charge in [0.2, 0.25) is 0 Å². The molecule has 0 N–H and O–H groups in total. The third kappa shape index (κ3) is 1.99. The highest BCUT2D eigenvalue weighted by atomic mass is 35.5. The Bertz CT molecular complexity index is 868. The van der Waals surface area contributed by atoms with Crippen LogP contribution in [0.2, 0.25) is 5.02 Å². The van der Waals surface area contributed by atoms with Gasteiger partial charge in [0.05, 0.1) is 16.6 Å². The molecule has 1 aliphatic heterocycles. The summed E-state index contributed by atoms with van der Waals surface area (Å²) in [7, 11) is 0. The van der Waals surface area contributed by atoms with E-state index < -0.39 is 0 Å². The molecule has 0 fully saturated rings. The number of hydrogen-bond donors (Lipinski definition) is 0.